The molecule has 2 heterocycles. The van der Waals surface area contributed by atoms with Crippen molar-refractivity contribution >= 4 is 0 Å². The summed E-state index contributed by atoms with van der Waals surface area (Å²) in [6.07, 6.45) is 1.09. The molecule has 1 aromatic heterocycles. The third-order valence-electron chi connectivity index (χ3n) is 2.37. The van der Waals surface area contributed by atoms with E-state index in [1.165, 1.54) is 0 Å². The van der Waals surface area contributed by atoms with Crippen LogP contribution in [0.25, 0.3) is 0 Å². The van der Waals surface area contributed by atoms with Gasteiger partial charge in [0.2, 0.25) is 0 Å². The lowest BCUT2D eigenvalue weighted by Gasteiger charge is -2.11. The quantitative estimate of drug-likeness (QED) is 0.722. The molecule has 1 aliphatic heterocycles. The Morgan fingerprint density at radius 3 is 3.15 bits per heavy atom. The topological polar surface area (TPSA) is 55.3 Å². The van der Waals surface area contributed by atoms with Gasteiger partial charge in [0.1, 0.15) is 0 Å². The Morgan fingerprint density at radius 1 is 1.77 bits per heavy atom. The van der Waals surface area contributed by atoms with Gasteiger partial charge in [-0.25, -0.2) is 0 Å². The van der Waals surface area contributed by atoms with E-state index in [1.807, 2.05) is 13.0 Å². The SMILES string of the molecule is Cc1cc(CN2CC[C@@H](N)C2)on1. The van der Waals surface area contributed by atoms with Crippen LogP contribution in [0.4, 0.5) is 0 Å². The van der Waals surface area contributed by atoms with E-state index in [0.29, 0.717) is 6.04 Å². The minimum atomic E-state index is 0.337. The van der Waals surface area contributed by atoms with Crippen LogP contribution in [-0.2, 0) is 6.54 Å². The summed E-state index contributed by atoms with van der Waals surface area (Å²) in [6, 6.07) is 2.31. The zero-order valence-corrected chi connectivity index (χ0v) is 7.86. The Bertz CT molecular complexity index is 284. The molecular weight excluding hydrogens is 166 g/mol. The summed E-state index contributed by atoms with van der Waals surface area (Å²) >= 11 is 0. The van der Waals surface area contributed by atoms with Crippen molar-refractivity contribution in [3.8, 4) is 0 Å². The Morgan fingerprint density at radius 2 is 2.62 bits per heavy atom. The number of likely N-dealkylation sites (tertiary alicyclic amines) is 1. The maximum atomic E-state index is 5.80. The minimum absolute atomic E-state index is 0.337. The lowest BCUT2D eigenvalue weighted by Crippen LogP contribution is -2.26. The first-order valence-corrected chi connectivity index (χ1v) is 4.64. The highest BCUT2D eigenvalue weighted by molar-refractivity contribution is 5.03. The highest BCUT2D eigenvalue weighted by atomic mass is 16.5. The fraction of sp³-hybridized carbons (Fsp3) is 0.667. The molecule has 1 aromatic rings. The number of hydrogen-bond donors (Lipinski definition) is 1. The van der Waals surface area contributed by atoms with Crippen LogP contribution in [0.5, 0.6) is 0 Å². The summed E-state index contributed by atoms with van der Waals surface area (Å²) in [5.74, 6) is 0.937. The van der Waals surface area contributed by atoms with Gasteiger partial charge in [0, 0.05) is 25.2 Å². The minimum Gasteiger partial charge on any atom is -0.360 e. The number of aromatic nitrogens is 1. The van der Waals surface area contributed by atoms with Gasteiger partial charge in [0.05, 0.1) is 12.2 Å². The fourth-order valence-electron chi connectivity index (χ4n) is 1.72. The second-order valence-electron chi connectivity index (χ2n) is 3.72. The molecule has 72 valence electrons. The predicted molar refractivity (Wildman–Crippen MR) is 49.1 cm³/mol. The summed E-state index contributed by atoms with van der Waals surface area (Å²) in [5.41, 5.74) is 6.74. The van der Waals surface area contributed by atoms with Gasteiger partial charge in [-0.2, -0.15) is 0 Å². The lowest BCUT2D eigenvalue weighted by molar-refractivity contribution is 0.271. The van der Waals surface area contributed by atoms with Crippen LogP contribution in [0.1, 0.15) is 17.9 Å². The zero-order chi connectivity index (χ0) is 9.26. The van der Waals surface area contributed by atoms with Crippen molar-refractivity contribution in [2.45, 2.75) is 25.9 Å². The summed E-state index contributed by atoms with van der Waals surface area (Å²) in [7, 11) is 0. The molecule has 0 bridgehead atoms. The molecule has 0 amide bonds. The predicted octanol–water partition coefficient (Wildman–Crippen LogP) is 0.516. The normalized spacial score (nSPS) is 24.0. The van der Waals surface area contributed by atoms with Gasteiger partial charge in [-0.15, -0.1) is 0 Å². The summed E-state index contributed by atoms with van der Waals surface area (Å²) in [6.45, 7) is 4.82. The fourth-order valence-corrected chi connectivity index (χ4v) is 1.72. The second-order valence-corrected chi connectivity index (χ2v) is 3.72. The van der Waals surface area contributed by atoms with Crippen molar-refractivity contribution in [3.05, 3.63) is 17.5 Å². The van der Waals surface area contributed by atoms with Crippen molar-refractivity contribution in [1.29, 1.82) is 0 Å². The maximum absolute atomic E-state index is 5.80. The third kappa shape index (κ3) is 2.08. The molecule has 0 radical (unpaired) electrons. The molecule has 13 heavy (non-hydrogen) atoms. The summed E-state index contributed by atoms with van der Waals surface area (Å²) < 4.78 is 5.13. The molecule has 0 spiro atoms. The molecular formula is C9H15N3O. The monoisotopic (exact) mass is 181 g/mol. The van der Waals surface area contributed by atoms with Gasteiger partial charge in [0.15, 0.2) is 5.76 Å². The highest BCUT2D eigenvalue weighted by Crippen LogP contribution is 2.12. The molecule has 1 saturated heterocycles. The van der Waals surface area contributed by atoms with Crippen LogP contribution in [0.15, 0.2) is 10.6 Å². The molecule has 2 N–H and O–H groups in total. The molecule has 1 aliphatic rings. The molecule has 0 aromatic carbocycles. The van der Waals surface area contributed by atoms with E-state index < -0.39 is 0 Å². The van der Waals surface area contributed by atoms with Crippen LogP contribution in [-0.4, -0.2) is 29.2 Å². The Balaban J connectivity index is 1.91. The van der Waals surface area contributed by atoms with E-state index in [-0.39, 0.29) is 0 Å². The van der Waals surface area contributed by atoms with Crippen molar-refractivity contribution in [2.75, 3.05) is 13.1 Å². The van der Waals surface area contributed by atoms with E-state index in [1.54, 1.807) is 0 Å². The Kier molecular flexibility index (Phi) is 2.33. The van der Waals surface area contributed by atoms with Crippen molar-refractivity contribution in [2.24, 2.45) is 5.73 Å². The number of rotatable bonds is 2. The van der Waals surface area contributed by atoms with E-state index in [0.717, 1.165) is 37.5 Å². The average Bonchev–Trinajstić information content (AvgIpc) is 2.62. The maximum Gasteiger partial charge on any atom is 0.150 e. The number of hydrogen-bond acceptors (Lipinski definition) is 4. The largest absolute Gasteiger partial charge is 0.360 e. The van der Waals surface area contributed by atoms with Crippen LogP contribution >= 0.6 is 0 Å². The molecule has 0 saturated carbocycles. The van der Waals surface area contributed by atoms with Gasteiger partial charge in [-0.3, -0.25) is 4.90 Å². The molecule has 2 rings (SSSR count). The van der Waals surface area contributed by atoms with Crippen LogP contribution < -0.4 is 5.73 Å². The van der Waals surface area contributed by atoms with Gasteiger partial charge in [0.25, 0.3) is 0 Å². The van der Waals surface area contributed by atoms with Crippen molar-refractivity contribution in [1.82, 2.24) is 10.1 Å². The van der Waals surface area contributed by atoms with Crippen molar-refractivity contribution in [3.63, 3.8) is 0 Å². The van der Waals surface area contributed by atoms with Gasteiger partial charge in [-0.1, -0.05) is 5.16 Å². The van der Waals surface area contributed by atoms with Gasteiger partial charge in [-0.05, 0) is 13.3 Å². The number of aryl methyl sites for hydroxylation is 1. The highest BCUT2D eigenvalue weighted by Gasteiger charge is 2.19. The number of nitrogens with zero attached hydrogens (tertiary/aromatic N) is 2. The summed E-state index contributed by atoms with van der Waals surface area (Å²) in [4.78, 5) is 2.30. The van der Waals surface area contributed by atoms with Gasteiger partial charge >= 0.3 is 0 Å². The second kappa shape index (κ2) is 3.47. The van der Waals surface area contributed by atoms with Gasteiger partial charge < -0.3 is 10.3 Å². The van der Waals surface area contributed by atoms with Crippen LogP contribution in [0, 0.1) is 6.92 Å². The van der Waals surface area contributed by atoms with Crippen LogP contribution in [0.3, 0.4) is 0 Å². The molecule has 1 atom stereocenters. The molecule has 0 unspecified atom stereocenters. The van der Waals surface area contributed by atoms with E-state index in [4.69, 9.17) is 10.3 Å². The lowest BCUT2D eigenvalue weighted by atomic mass is 10.3. The van der Waals surface area contributed by atoms with E-state index >= 15 is 0 Å². The van der Waals surface area contributed by atoms with E-state index in [9.17, 15) is 0 Å². The summed E-state index contributed by atoms with van der Waals surface area (Å²) in [5, 5.41) is 3.84. The zero-order valence-electron chi connectivity index (χ0n) is 7.86. The first-order valence-electron chi connectivity index (χ1n) is 4.64. The molecule has 0 aliphatic carbocycles. The smallest absolute Gasteiger partial charge is 0.150 e. The Hall–Kier alpha value is -0.870. The van der Waals surface area contributed by atoms with E-state index in [2.05, 4.69) is 10.1 Å². The Labute approximate surface area is 77.7 Å². The molecule has 1 fully saturated rings. The first-order chi connectivity index (χ1) is 6.24. The number of nitrogens with two attached hydrogens (primary N) is 1. The van der Waals surface area contributed by atoms with Crippen molar-refractivity contribution < 1.29 is 4.52 Å². The molecule has 4 heteroatoms. The standard InChI is InChI=1S/C9H15N3O/c1-7-4-9(13-11-7)6-12-3-2-8(10)5-12/h4,8H,2-3,5-6,10H2,1H3/t8-/m1/s1. The van der Waals surface area contributed by atoms with Crippen LogP contribution in [0.2, 0.25) is 0 Å². The average molecular weight is 181 g/mol. The third-order valence-corrected chi connectivity index (χ3v) is 2.37. The molecule has 4 nitrogen and oxygen atoms in total. The first kappa shape index (κ1) is 8.72.